The smallest absolute Gasteiger partial charge is 0.226 e. The lowest BCUT2D eigenvalue weighted by Crippen LogP contribution is -2.56. The zero-order valence-electron chi connectivity index (χ0n) is 10.1. The minimum atomic E-state index is -0.885. The Morgan fingerprint density at radius 3 is 1.87 bits per heavy atom. The number of carbonyl (C=O) groups is 1. The van der Waals surface area contributed by atoms with Gasteiger partial charge in [0.2, 0.25) is 5.91 Å². The largest absolute Gasteiger partial charge is 0.394 e. The predicted octanol–water partition coefficient (Wildman–Crippen LogP) is 0.672. The van der Waals surface area contributed by atoms with Gasteiger partial charge >= 0.3 is 0 Å². The molecule has 3 N–H and O–H groups in total. The van der Waals surface area contributed by atoms with E-state index in [1.54, 1.807) is 0 Å². The summed E-state index contributed by atoms with van der Waals surface area (Å²) in [7, 11) is 0. The van der Waals surface area contributed by atoms with Gasteiger partial charge in [-0.1, -0.05) is 27.7 Å². The Morgan fingerprint density at radius 1 is 1.13 bits per heavy atom. The van der Waals surface area contributed by atoms with Gasteiger partial charge in [-0.25, -0.2) is 0 Å². The van der Waals surface area contributed by atoms with Crippen LogP contribution in [0.1, 0.15) is 40.5 Å². The van der Waals surface area contributed by atoms with E-state index in [4.69, 9.17) is 0 Å². The topological polar surface area (TPSA) is 69.6 Å². The number of aliphatic hydroxyl groups is 2. The van der Waals surface area contributed by atoms with Crippen molar-refractivity contribution in [1.82, 2.24) is 5.32 Å². The fourth-order valence-corrected chi connectivity index (χ4v) is 1.01. The molecule has 0 unspecified atom stereocenters. The fourth-order valence-electron chi connectivity index (χ4n) is 1.01. The zero-order valence-corrected chi connectivity index (χ0v) is 10.1. The van der Waals surface area contributed by atoms with Crippen molar-refractivity contribution in [3.63, 3.8) is 0 Å². The van der Waals surface area contributed by atoms with Crippen LogP contribution in [0.4, 0.5) is 0 Å². The Morgan fingerprint density at radius 2 is 1.60 bits per heavy atom. The van der Waals surface area contributed by atoms with E-state index in [9.17, 15) is 15.0 Å². The normalized spacial score (nSPS) is 12.7. The highest BCUT2D eigenvalue weighted by atomic mass is 16.3. The third kappa shape index (κ3) is 3.47. The van der Waals surface area contributed by atoms with E-state index in [2.05, 4.69) is 5.32 Å². The fraction of sp³-hybridized carbons (Fsp3) is 0.909. The Hall–Kier alpha value is -0.610. The molecule has 0 atom stereocenters. The van der Waals surface area contributed by atoms with Gasteiger partial charge in [0.15, 0.2) is 0 Å². The van der Waals surface area contributed by atoms with E-state index in [0.717, 1.165) is 6.42 Å². The standard InChI is InChI=1S/C11H23NO3/c1-5-10(3,4)9(15)12-11(6-2,7-13)8-14/h13-14H,5-8H2,1-4H3,(H,12,15). The summed E-state index contributed by atoms with van der Waals surface area (Å²) in [5.41, 5.74) is -1.35. The average molecular weight is 217 g/mol. The van der Waals surface area contributed by atoms with Gasteiger partial charge in [-0.3, -0.25) is 4.79 Å². The zero-order chi connectivity index (χ0) is 12.1. The third-order valence-corrected chi connectivity index (χ3v) is 3.16. The van der Waals surface area contributed by atoms with E-state index >= 15 is 0 Å². The van der Waals surface area contributed by atoms with Crippen molar-refractivity contribution < 1.29 is 15.0 Å². The first kappa shape index (κ1) is 14.4. The SMILES string of the molecule is CCC(CO)(CO)NC(=O)C(C)(C)CC. The van der Waals surface area contributed by atoms with Crippen molar-refractivity contribution >= 4 is 5.91 Å². The first-order chi connectivity index (χ1) is 6.87. The molecule has 0 spiro atoms. The molecule has 0 saturated carbocycles. The molecule has 0 radical (unpaired) electrons. The van der Waals surface area contributed by atoms with Gasteiger partial charge in [0.1, 0.15) is 0 Å². The van der Waals surface area contributed by atoms with E-state index in [1.807, 2.05) is 27.7 Å². The first-order valence-electron chi connectivity index (χ1n) is 5.42. The number of carbonyl (C=O) groups excluding carboxylic acids is 1. The van der Waals surface area contributed by atoms with Crippen LogP contribution in [0.25, 0.3) is 0 Å². The van der Waals surface area contributed by atoms with Crippen LogP contribution in [0, 0.1) is 5.41 Å². The lowest BCUT2D eigenvalue weighted by molar-refractivity contribution is -0.133. The van der Waals surface area contributed by atoms with Gasteiger partial charge in [0.05, 0.1) is 18.8 Å². The quantitative estimate of drug-likeness (QED) is 0.612. The summed E-state index contributed by atoms with van der Waals surface area (Å²) in [6.07, 6.45) is 1.22. The molecular weight excluding hydrogens is 194 g/mol. The summed E-state index contributed by atoms with van der Waals surface area (Å²) in [6.45, 7) is 6.96. The van der Waals surface area contributed by atoms with E-state index in [-0.39, 0.29) is 19.1 Å². The monoisotopic (exact) mass is 217 g/mol. The van der Waals surface area contributed by atoms with Crippen LogP contribution in [0.15, 0.2) is 0 Å². The highest BCUT2D eigenvalue weighted by Crippen LogP contribution is 2.21. The summed E-state index contributed by atoms with van der Waals surface area (Å²) in [4.78, 5) is 11.9. The van der Waals surface area contributed by atoms with Crippen LogP contribution in [0.3, 0.4) is 0 Å². The summed E-state index contributed by atoms with van der Waals surface area (Å²) in [5.74, 6) is -0.130. The van der Waals surface area contributed by atoms with Crippen LogP contribution >= 0.6 is 0 Å². The van der Waals surface area contributed by atoms with Gasteiger partial charge in [0.25, 0.3) is 0 Å². The third-order valence-electron chi connectivity index (χ3n) is 3.16. The summed E-state index contributed by atoms with van der Waals surface area (Å²) < 4.78 is 0. The molecule has 0 aromatic carbocycles. The van der Waals surface area contributed by atoms with E-state index in [0.29, 0.717) is 6.42 Å². The minimum Gasteiger partial charge on any atom is -0.394 e. The molecule has 0 fully saturated rings. The van der Waals surface area contributed by atoms with Crippen molar-refractivity contribution in [2.75, 3.05) is 13.2 Å². The lowest BCUT2D eigenvalue weighted by atomic mass is 9.87. The van der Waals surface area contributed by atoms with Crippen LogP contribution in [-0.4, -0.2) is 34.9 Å². The second-order valence-corrected chi connectivity index (χ2v) is 4.64. The molecule has 0 aliphatic rings. The second-order valence-electron chi connectivity index (χ2n) is 4.64. The van der Waals surface area contributed by atoms with Gasteiger partial charge in [0, 0.05) is 5.41 Å². The maximum Gasteiger partial charge on any atom is 0.226 e. The number of hydrogen-bond acceptors (Lipinski definition) is 3. The molecule has 4 nitrogen and oxygen atoms in total. The molecule has 0 bridgehead atoms. The van der Waals surface area contributed by atoms with Gasteiger partial charge in [-0.15, -0.1) is 0 Å². The van der Waals surface area contributed by atoms with Crippen molar-refractivity contribution in [3.05, 3.63) is 0 Å². The molecule has 4 heteroatoms. The second kappa shape index (κ2) is 5.47. The van der Waals surface area contributed by atoms with Crippen LogP contribution in [0.2, 0.25) is 0 Å². The van der Waals surface area contributed by atoms with Crippen LogP contribution in [-0.2, 0) is 4.79 Å². The molecule has 1 amide bonds. The molecule has 90 valence electrons. The highest BCUT2D eigenvalue weighted by molar-refractivity contribution is 5.82. The lowest BCUT2D eigenvalue weighted by Gasteiger charge is -2.33. The number of rotatable bonds is 6. The van der Waals surface area contributed by atoms with Gasteiger partial charge in [-0.05, 0) is 12.8 Å². The Bertz CT molecular complexity index is 202. The molecule has 15 heavy (non-hydrogen) atoms. The molecule has 0 aliphatic carbocycles. The molecule has 0 heterocycles. The van der Waals surface area contributed by atoms with Crippen molar-refractivity contribution in [2.45, 2.75) is 46.1 Å². The Labute approximate surface area is 91.7 Å². The molecule has 0 aliphatic heterocycles. The molecule has 0 saturated heterocycles. The van der Waals surface area contributed by atoms with Gasteiger partial charge < -0.3 is 15.5 Å². The van der Waals surface area contributed by atoms with Gasteiger partial charge in [-0.2, -0.15) is 0 Å². The molecular formula is C11H23NO3. The van der Waals surface area contributed by atoms with Crippen LogP contribution < -0.4 is 5.32 Å². The summed E-state index contributed by atoms with van der Waals surface area (Å²) in [6, 6.07) is 0. The number of aliphatic hydroxyl groups excluding tert-OH is 2. The average Bonchev–Trinajstić information content (AvgIpc) is 2.25. The van der Waals surface area contributed by atoms with E-state index in [1.165, 1.54) is 0 Å². The van der Waals surface area contributed by atoms with E-state index < -0.39 is 11.0 Å². The van der Waals surface area contributed by atoms with Crippen molar-refractivity contribution in [2.24, 2.45) is 5.41 Å². The molecule has 0 aromatic heterocycles. The number of amides is 1. The van der Waals surface area contributed by atoms with Crippen LogP contribution in [0.5, 0.6) is 0 Å². The maximum absolute atomic E-state index is 11.9. The minimum absolute atomic E-state index is 0.130. The number of nitrogens with one attached hydrogen (secondary N) is 1. The summed E-state index contributed by atoms with van der Waals surface area (Å²) >= 11 is 0. The highest BCUT2D eigenvalue weighted by Gasteiger charge is 2.34. The predicted molar refractivity (Wildman–Crippen MR) is 59.4 cm³/mol. The Balaban J connectivity index is 4.62. The number of hydrogen-bond donors (Lipinski definition) is 3. The first-order valence-corrected chi connectivity index (χ1v) is 5.42. The Kier molecular flexibility index (Phi) is 5.24. The van der Waals surface area contributed by atoms with Crippen molar-refractivity contribution in [3.8, 4) is 0 Å². The van der Waals surface area contributed by atoms with Crippen molar-refractivity contribution in [1.29, 1.82) is 0 Å². The summed E-state index contributed by atoms with van der Waals surface area (Å²) in [5, 5.41) is 21.1. The molecule has 0 aromatic rings. The molecule has 0 rings (SSSR count). The maximum atomic E-state index is 11.9.